The van der Waals surface area contributed by atoms with E-state index < -0.39 is 66.3 Å². The summed E-state index contributed by atoms with van der Waals surface area (Å²) in [6.45, 7) is 5.94. The smallest absolute Gasteiger partial charge is 0.326 e. The van der Waals surface area contributed by atoms with Crippen molar-refractivity contribution in [2.45, 2.75) is 64.4 Å². The first kappa shape index (κ1) is 25.3. The standard InChI is InChI=1S/C16H29N5O7/c1-6(2)11(20-13(24)7(3)17)14(25)21-12(8(4)22)15(26)19-9(16(27)28)5-10(18)23/h6-9,11-12,22H,5,17H2,1-4H3,(H2,18,23)(H,19,26)(H,20,24)(H,21,25)(H,27,28). The van der Waals surface area contributed by atoms with E-state index in [1.54, 1.807) is 13.8 Å². The Morgan fingerprint density at radius 2 is 1.32 bits per heavy atom. The molecule has 0 saturated heterocycles. The minimum atomic E-state index is -1.62. The van der Waals surface area contributed by atoms with E-state index in [0.717, 1.165) is 0 Å². The first-order valence-electron chi connectivity index (χ1n) is 8.63. The maximum Gasteiger partial charge on any atom is 0.326 e. The fourth-order valence-corrected chi connectivity index (χ4v) is 2.13. The normalized spacial score (nSPS) is 16.2. The van der Waals surface area contributed by atoms with Gasteiger partial charge < -0.3 is 37.6 Å². The van der Waals surface area contributed by atoms with Crippen LogP contribution in [-0.2, 0) is 24.0 Å². The van der Waals surface area contributed by atoms with Gasteiger partial charge in [0, 0.05) is 0 Å². The number of hydrogen-bond acceptors (Lipinski definition) is 7. The van der Waals surface area contributed by atoms with Gasteiger partial charge in [-0.2, -0.15) is 0 Å². The van der Waals surface area contributed by atoms with Crippen LogP contribution in [0.2, 0.25) is 0 Å². The van der Waals surface area contributed by atoms with Crippen LogP contribution in [0.25, 0.3) is 0 Å². The topological polar surface area (TPSA) is 214 Å². The molecule has 28 heavy (non-hydrogen) atoms. The van der Waals surface area contributed by atoms with Crippen molar-refractivity contribution in [3.8, 4) is 0 Å². The number of rotatable bonds is 11. The SMILES string of the molecule is CC(N)C(=O)NC(C(=O)NC(C(=O)NC(CC(N)=O)C(=O)O)C(C)O)C(C)C. The summed E-state index contributed by atoms with van der Waals surface area (Å²) >= 11 is 0. The summed E-state index contributed by atoms with van der Waals surface area (Å²) in [5.41, 5.74) is 10.4. The predicted molar refractivity (Wildman–Crippen MR) is 97.4 cm³/mol. The highest BCUT2D eigenvalue weighted by molar-refractivity contribution is 5.95. The van der Waals surface area contributed by atoms with Gasteiger partial charge in [0.1, 0.15) is 18.1 Å². The molecule has 0 saturated carbocycles. The van der Waals surface area contributed by atoms with Gasteiger partial charge in [-0.25, -0.2) is 4.79 Å². The van der Waals surface area contributed by atoms with E-state index in [-0.39, 0.29) is 5.92 Å². The summed E-state index contributed by atoms with van der Waals surface area (Å²) in [6.07, 6.45) is -2.07. The minimum Gasteiger partial charge on any atom is -0.480 e. The number of carbonyl (C=O) groups excluding carboxylic acids is 4. The van der Waals surface area contributed by atoms with Gasteiger partial charge in [0.05, 0.1) is 18.6 Å². The Morgan fingerprint density at radius 1 is 0.857 bits per heavy atom. The van der Waals surface area contributed by atoms with Crippen molar-refractivity contribution in [1.29, 1.82) is 0 Å². The van der Waals surface area contributed by atoms with Crippen LogP contribution < -0.4 is 27.4 Å². The number of nitrogens with one attached hydrogen (secondary N) is 3. The lowest BCUT2D eigenvalue weighted by molar-refractivity contribution is -0.144. The largest absolute Gasteiger partial charge is 0.480 e. The lowest BCUT2D eigenvalue weighted by Crippen LogP contribution is -2.60. The Labute approximate surface area is 162 Å². The van der Waals surface area contributed by atoms with Crippen molar-refractivity contribution in [2.75, 3.05) is 0 Å². The number of carboxylic acid groups (broad SMARTS) is 1. The third-order valence-corrected chi connectivity index (χ3v) is 3.74. The summed E-state index contributed by atoms with van der Waals surface area (Å²) in [7, 11) is 0. The van der Waals surface area contributed by atoms with Crippen LogP contribution in [0.4, 0.5) is 0 Å². The van der Waals surface area contributed by atoms with E-state index in [1.807, 2.05) is 5.32 Å². The Bertz CT molecular complexity index is 606. The van der Waals surface area contributed by atoms with Gasteiger partial charge in [0.25, 0.3) is 0 Å². The zero-order chi connectivity index (χ0) is 22.2. The molecule has 0 aliphatic rings. The van der Waals surface area contributed by atoms with Crippen molar-refractivity contribution < 1.29 is 34.2 Å². The summed E-state index contributed by atoms with van der Waals surface area (Å²) in [6, 6.07) is -5.07. The molecular weight excluding hydrogens is 374 g/mol. The maximum atomic E-state index is 12.5. The molecule has 0 heterocycles. The molecule has 4 amide bonds. The third-order valence-electron chi connectivity index (χ3n) is 3.74. The quantitative estimate of drug-likeness (QED) is 0.186. The van der Waals surface area contributed by atoms with Crippen LogP contribution in [0.5, 0.6) is 0 Å². The average Bonchev–Trinajstić information content (AvgIpc) is 2.54. The second-order valence-corrected chi connectivity index (χ2v) is 6.82. The number of carboxylic acids is 1. The molecule has 9 N–H and O–H groups in total. The summed E-state index contributed by atoms with van der Waals surface area (Å²) in [5, 5.41) is 25.6. The summed E-state index contributed by atoms with van der Waals surface area (Å²) in [4.78, 5) is 58.7. The van der Waals surface area contributed by atoms with Gasteiger partial charge in [0.15, 0.2) is 0 Å². The van der Waals surface area contributed by atoms with E-state index >= 15 is 0 Å². The molecule has 12 heteroatoms. The predicted octanol–water partition coefficient (Wildman–Crippen LogP) is -3.22. The molecule has 0 spiro atoms. The Morgan fingerprint density at radius 3 is 1.68 bits per heavy atom. The molecular formula is C16H29N5O7. The molecule has 0 aromatic rings. The first-order valence-corrected chi connectivity index (χ1v) is 8.63. The fraction of sp³-hybridized carbons (Fsp3) is 0.688. The van der Waals surface area contributed by atoms with Gasteiger partial charge in [-0.05, 0) is 19.8 Å². The van der Waals surface area contributed by atoms with Gasteiger partial charge in [-0.15, -0.1) is 0 Å². The van der Waals surface area contributed by atoms with Crippen LogP contribution in [-0.4, -0.2) is 70.1 Å². The summed E-state index contributed by atoms with van der Waals surface area (Å²) in [5.74, 6) is -5.22. The summed E-state index contributed by atoms with van der Waals surface area (Å²) < 4.78 is 0. The van der Waals surface area contributed by atoms with E-state index in [1.165, 1.54) is 13.8 Å². The number of amides is 4. The van der Waals surface area contributed by atoms with Crippen molar-refractivity contribution in [3.05, 3.63) is 0 Å². The number of primary amides is 1. The number of nitrogens with two attached hydrogens (primary N) is 2. The maximum absolute atomic E-state index is 12.5. The number of aliphatic carboxylic acids is 1. The Hall–Kier alpha value is -2.73. The van der Waals surface area contributed by atoms with E-state index in [0.29, 0.717) is 0 Å². The van der Waals surface area contributed by atoms with E-state index in [2.05, 4.69) is 10.6 Å². The monoisotopic (exact) mass is 403 g/mol. The highest BCUT2D eigenvalue weighted by Gasteiger charge is 2.33. The van der Waals surface area contributed by atoms with Crippen LogP contribution in [0.3, 0.4) is 0 Å². The molecule has 0 aromatic heterocycles. The van der Waals surface area contributed by atoms with E-state index in [9.17, 15) is 29.1 Å². The van der Waals surface area contributed by atoms with Gasteiger partial charge in [-0.3, -0.25) is 19.2 Å². The van der Waals surface area contributed by atoms with Crippen LogP contribution in [0.1, 0.15) is 34.1 Å². The van der Waals surface area contributed by atoms with Crippen molar-refractivity contribution >= 4 is 29.6 Å². The highest BCUT2D eigenvalue weighted by atomic mass is 16.4. The molecule has 0 aliphatic carbocycles. The van der Waals surface area contributed by atoms with Crippen molar-refractivity contribution in [3.63, 3.8) is 0 Å². The Kier molecular flexibility index (Phi) is 10.1. The highest BCUT2D eigenvalue weighted by Crippen LogP contribution is 2.05. The van der Waals surface area contributed by atoms with Crippen LogP contribution >= 0.6 is 0 Å². The first-order chi connectivity index (χ1) is 12.8. The van der Waals surface area contributed by atoms with Crippen molar-refractivity contribution in [2.24, 2.45) is 17.4 Å². The number of aliphatic hydroxyl groups excluding tert-OH is 1. The molecule has 0 fully saturated rings. The second-order valence-electron chi connectivity index (χ2n) is 6.82. The third kappa shape index (κ3) is 8.31. The van der Waals surface area contributed by atoms with Gasteiger partial charge in [-0.1, -0.05) is 13.8 Å². The van der Waals surface area contributed by atoms with Gasteiger partial charge >= 0.3 is 5.97 Å². The zero-order valence-corrected chi connectivity index (χ0v) is 16.3. The second kappa shape index (κ2) is 11.2. The Balaban J connectivity index is 5.32. The van der Waals surface area contributed by atoms with Gasteiger partial charge in [0.2, 0.25) is 23.6 Å². The molecule has 0 radical (unpaired) electrons. The number of hydrogen-bond donors (Lipinski definition) is 7. The molecule has 5 unspecified atom stereocenters. The molecule has 0 bridgehead atoms. The molecule has 0 aromatic carbocycles. The minimum absolute atomic E-state index is 0.373. The lowest BCUT2D eigenvalue weighted by Gasteiger charge is -2.27. The fourth-order valence-electron chi connectivity index (χ4n) is 2.13. The molecule has 5 atom stereocenters. The zero-order valence-electron chi connectivity index (χ0n) is 16.3. The van der Waals surface area contributed by atoms with Crippen molar-refractivity contribution in [1.82, 2.24) is 16.0 Å². The molecule has 12 nitrogen and oxygen atoms in total. The number of carbonyl (C=O) groups is 5. The number of aliphatic hydroxyl groups is 1. The van der Waals surface area contributed by atoms with E-state index in [4.69, 9.17) is 16.6 Å². The molecule has 160 valence electrons. The van der Waals surface area contributed by atoms with Crippen LogP contribution in [0, 0.1) is 5.92 Å². The molecule has 0 rings (SSSR count). The molecule has 0 aliphatic heterocycles. The lowest BCUT2D eigenvalue weighted by atomic mass is 10.0. The average molecular weight is 403 g/mol. The van der Waals surface area contributed by atoms with Crippen LogP contribution in [0.15, 0.2) is 0 Å².